The van der Waals surface area contributed by atoms with Crippen molar-refractivity contribution in [3.05, 3.63) is 0 Å². The van der Waals surface area contributed by atoms with Gasteiger partial charge in [-0.1, -0.05) is 13.3 Å². The Morgan fingerprint density at radius 3 is 2.58 bits per heavy atom. The third-order valence-electron chi connectivity index (χ3n) is 1.72. The van der Waals surface area contributed by atoms with Gasteiger partial charge < -0.3 is 4.90 Å². The quantitative estimate of drug-likeness (QED) is 0.597. The van der Waals surface area contributed by atoms with E-state index in [1.165, 1.54) is 0 Å². The van der Waals surface area contributed by atoms with Gasteiger partial charge in [0.05, 0.1) is 0 Å². The van der Waals surface area contributed by atoms with Crippen molar-refractivity contribution in [2.75, 3.05) is 19.7 Å². The zero-order chi connectivity index (χ0) is 9.40. The highest BCUT2D eigenvalue weighted by molar-refractivity contribution is 5.77. The number of amides is 1. The Hall–Kier alpha value is -0.610. The maximum absolute atomic E-state index is 11.2. The zero-order valence-electron chi connectivity index (χ0n) is 7.88. The van der Waals surface area contributed by atoms with Crippen LogP contribution < -0.4 is 5.90 Å². The fourth-order valence-electron chi connectivity index (χ4n) is 0.971. The van der Waals surface area contributed by atoms with Gasteiger partial charge in [-0.2, -0.15) is 0 Å². The normalized spacial score (nSPS) is 9.92. The highest BCUT2D eigenvalue weighted by atomic mass is 16.6. The van der Waals surface area contributed by atoms with Crippen LogP contribution in [0.4, 0.5) is 0 Å². The number of likely N-dealkylation sites (N-methyl/N-ethyl adjacent to an activating group) is 1. The zero-order valence-corrected chi connectivity index (χ0v) is 7.88. The molecule has 0 atom stereocenters. The van der Waals surface area contributed by atoms with Crippen molar-refractivity contribution in [2.24, 2.45) is 5.90 Å². The molecule has 0 spiro atoms. The highest BCUT2D eigenvalue weighted by Gasteiger charge is 2.09. The highest BCUT2D eigenvalue weighted by Crippen LogP contribution is 1.95. The molecule has 0 unspecified atom stereocenters. The topological polar surface area (TPSA) is 55.6 Å². The van der Waals surface area contributed by atoms with Crippen molar-refractivity contribution < 1.29 is 9.63 Å². The minimum Gasteiger partial charge on any atom is -0.341 e. The molecule has 4 nitrogen and oxygen atoms in total. The fraction of sp³-hybridized carbons (Fsp3) is 0.875. The van der Waals surface area contributed by atoms with Gasteiger partial charge >= 0.3 is 0 Å². The molecule has 0 bridgehead atoms. The molecule has 0 aliphatic carbocycles. The third-order valence-corrected chi connectivity index (χ3v) is 1.72. The van der Waals surface area contributed by atoms with Gasteiger partial charge in [-0.25, -0.2) is 5.90 Å². The Balaban J connectivity index is 3.71. The average Bonchev–Trinajstić information content (AvgIpc) is 2.06. The van der Waals surface area contributed by atoms with E-state index in [0.717, 1.165) is 25.9 Å². The standard InChI is InChI=1S/C8H18N2O2/c1-3-5-6-10(4-2)8(11)7-12-9/h3-7,9H2,1-2H3. The van der Waals surface area contributed by atoms with Crippen LogP contribution in [0.5, 0.6) is 0 Å². The van der Waals surface area contributed by atoms with Gasteiger partial charge in [0.25, 0.3) is 5.91 Å². The summed E-state index contributed by atoms with van der Waals surface area (Å²) in [5, 5.41) is 0. The molecule has 1 amide bonds. The van der Waals surface area contributed by atoms with Crippen LogP contribution in [0.25, 0.3) is 0 Å². The molecule has 0 radical (unpaired) electrons. The first kappa shape index (κ1) is 11.4. The minimum absolute atomic E-state index is 0.0163. The van der Waals surface area contributed by atoms with Crippen LogP contribution in [-0.4, -0.2) is 30.5 Å². The Bertz CT molecular complexity index is 128. The molecule has 12 heavy (non-hydrogen) atoms. The SMILES string of the molecule is CCCCN(CC)C(=O)CON. The van der Waals surface area contributed by atoms with Crippen LogP contribution in [0.15, 0.2) is 0 Å². The molecule has 0 aromatic heterocycles. The van der Waals surface area contributed by atoms with Crippen molar-refractivity contribution in [2.45, 2.75) is 26.7 Å². The van der Waals surface area contributed by atoms with Crippen molar-refractivity contribution in [1.82, 2.24) is 4.90 Å². The molecule has 72 valence electrons. The lowest BCUT2D eigenvalue weighted by Gasteiger charge is -2.19. The van der Waals surface area contributed by atoms with Crippen molar-refractivity contribution in [3.63, 3.8) is 0 Å². The summed E-state index contributed by atoms with van der Waals surface area (Å²) in [6.45, 7) is 5.55. The van der Waals surface area contributed by atoms with E-state index in [1.807, 2.05) is 6.92 Å². The number of nitrogens with zero attached hydrogens (tertiary/aromatic N) is 1. The second-order valence-electron chi connectivity index (χ2n) is 2.64. The first-order chi connectivity index (χ1) is 5.76. The van der Waals surface area contributed by atoms with Gasteiger partial charge in [0.1, 0.15) is 6.61 Å². The monoisotopic (exact) mass is 174 g/mol. The molecule has 0 rings (SSSR count). The smallest absolute Gasteiger partial charge is 0.250 e. The van der Waals surface area contributed by atoms with Crippen LogP contribution in [0.1, 0.15) is 26.7 Å². The molecule has 0 aromatic rings. The lowest BCUT2D eigenvalue weighted by molar-refractivity contribution is -0.136. The number of unbranched alkanes of at least 4 members (excludes halogenated alkanes) is 1. The Morgan fingerprint density at radius 1 is 1.50 bits per heavy atom. The van der Waals surface area contributed by atoms with Gasteiger partial charge in [0, 0.05) is 13.1 Å². The number of carbonyl (C=O) groups excluding carboxylic acids is 1. The number of rotatable bonds is 6. The van der Waals surface area contributed by atoms with E-state index < -0.39 is 0 Å². The number of carbonyl (C=O) groups is 1. The van der Waals surface area contributed by atoms with Gasteiger partial charge in [0.15, 0.2) is 0 Å². The van der Waals surface area contributed by atoms with Crippen LogP contribution in [0.2, 0.25) is 0 Å². The summed E-state index contributed by atoms with van der Waals surface area (Å²) >= 11 is 0. The maximum Gasteiger partial charge on any atom is 0.250 e. The van der Waals surface area contributed by atoms with E-state index in [2.05, 4.69) is 11.8 Å². The van der Waals surface area contributed by atoms with Gasteiger partial charge in [-0.05, 0) is 13.3 Å². The Kier molecular flexibility index (Phi) is 6.70. The lowest BCUT2D eigenvalue weighted by Crippen LogP contribution is -2.35. The largest absolute Gasteiger partial charge is 0.341 e. The van der Waals surface area contributed by atoms with Crippen LogP contribution in [-0.2, 0) is 9.63 Å². The lowest BCUT2D eigenvalue weighted by atomic mass is 10.3. The third kappa shape index (κ3) is 4.31. The Labute approximate surface area is 73.6 Å². The van der Waals surface area contributed by atoms with E-state index in [0.29, 0.717) is 0 Å². The fourth-order valence-corrected chi connectivity index (χ4v) is 0.971. The molecule has 0 aliphatic heterocycles. The average molecular weight is 174 g/mol. The summed E-state index contributed by atoms with van der Waals surface area (Å²) in [5.74, 6) is 4.77. The van der Waals surface area contributed by atoms with Crippen molar-refractivity contribution in [3.8, 4) is 0 Å². The number of hydrogen-bond donors (Lipinski definition) is 1. The molecular formula is C8H18N2O2. The molecule has 0 aliphatic rings. The van der Waals surface area contributed by atoms with Crippen molar-refractivity contribution in [1.29, 1.82) is 0 Å². The second-order valence-corrected chi connectivity index (χ2v) is 2.64. The van der Waals surface area contributed by atoms with E-state index in [4.69, 9.17) is 5.90 Å². The summed E-state index contributed by atoms with van der Waals surface area (Å²) in [6, 6.07) is 0. The first-order valence-electron chi connectivity index (χ1n) is 4.35. The number of hydrogen-bond acceptors (Lipinski definition) is 3. The van der Waals surface area contributed by atoms with E-state index in [-0.39, 0.29) is 12.5 Å². The summed E-state index contributed by atoms with van der Waals surface area (Å²) in [4.78, 5) is 17.2. The number of nitrogens with two attached hydrogens (primary N) is 1. The van der Waals surface area contributed by atoms with E-state index >= 15 is 0 Å². The molecular weight excluding hydrogens is 156 g/mol. The predicted octanol–water partition coefficient (Wildman–Crippen LogP) is 0.525. The molecule has 4 heteroatoms. The summed E-state index contributed by atoms with van der Waals surface area (Å²) in [7, 11) is 0. The molecule has 0 saturated carbocycles. The van der Waals surface area contributed by atoms with Crippen molar-refractivity contribution >= 4 is 5.91 Å². The summed E-state index contributed by atoms with van der Waals surface area (Å²) in [5.41, 5.74) is 0. The Morgan fingerprint density at radius 2 is 2.17 bits per heavy atom. The second kappa shape index (κ2) is 7.06. The van der Waals surface area contributed by atoms with Gasteiger partial charge in [-0.15, -0.1) is 0 Å². The molecule has 0 aromatic carbocycles. The van der Waals surface area contributed by atoms with Crippen LogP contribution in [0.3, 0.4) is 0 Å². The summed E-state index contributed by atoms with van der Waals surface area (Å²) in [6.07, 6.45) is 2.12. The van der Waals surface area contributed by atoms with Crippen LogP contribution >= 0.6 is 0 Å². The summed E-state index contributed by atoms with van der Waals surface area (Å²) < 4.78 is 0. The molecule has 2 N–H and O–H groups in total. The molecule has 0 fully saturated rings. The molecule has 0 heterocycles. The van der Waals surface area contributed by atoms with Crippen LogP contribution in [0, 0.1) is 0 Å². The predicted molar refractivity (Wildman–Crippen MR) is 47.3 cm³/mol. The van der Waals surface area contributed by atoms with Gasteiger partial charge in [0.2, 0.25) is 0 Å². The van der Waals surface area contributed by atoms with Gasteiger partial charge in [-0.3, -0.25) is 9.63 Å². The molecule has 0 saturated heterocycles. The van der Waals surface area contributed by atoms with E-state index in [1.54, 1.807) is 4.90 Å². The minimum atomic E-state index is -0.0338. The first-order valence-corrected chi connectivity index (χ1v) is 4.35. The van der Waals surface area contributed by atoms with E-state index in [9.17, 15) is 4.79 Å². The maximum atomic E-state index is 11.2.